The molecular weight excluding hydrogens is 380 g/mol. The summed E-state index contributed by atoms with van der Waals surface area (Å²) < 4.78 is 0. The molecule has 2 saturated carbocycles. The van der Waals surface area contributed by atoms with E-state index in [0.29, 0.717) is 34.7 Å². The summed E-state index contributed by atoms with van der Waals surface area (Å²) in [5.41, 5.74) is 4.30. The maximum Gasteiger partial charge on any atom is 0.136 e. The van der Waals surface area contributed by atoms with E-state index in [1.54, 1.807) is 11.6 Å². The topological polar surface area (TPSA) is 37.3 Å². The van der Waals surface area contributed by atoms with Gasteiger partial charge in [0.05, 0.1) is 0 Å². The molecule has 0 unspecified atom stereocenters. The second-order valence-corrected chi connectivity index (χ2v) is 11.1. The molecular formula is C29H44O2. The number of benzene rings is 1. The Morgan fingerprint density at radius 2 is 2.00 bits per heavy atom. The van der Waals surface area contributed by atoms with Crippen LogP contribution in [0.4, 0.5) is 0 Å². The average Bonchev–Trinajstić information content (AvgIpc) is 3.07. The minimum Gasteiger partial charge on any atom is -0.508 e. The third-order valence-corrected chi connectivity index (χ3v) is 9.04. The Balaban J connectivity index is 1.69. The van der Waals surface area contributed by atoms with Gasteiger partial charge >= 0.3 is 0 Å². The van der Waals surface area contributed by atoms with Crippen molar-refractivity contribution in [1.29, 1.82) is 0 Å². The Bertz CT molecular complexity index is 805. The quantitative estimate of drug-likeness (QED) is 0.435. The van der Waals surface area contributed by atoms with Crippen LogP contribution >= 0.6 is 0 Å². The molecule has 1 aromatic rings. The fraction of sp³-hybridized carbons (Fsp3) is 0.690. The van der Waals surface area contributed by atoms with Gasteiger partial charge in [-0.15, -0.1) is 0 Å². The number of aromatic hydroxyl groups is 1. The summed E-state index contributed by atoms with van der Waals surface area (Å²) in [6.45, 7) is 13.9. The second kappa shape index (κ2) is 9.92. The molecule has 31 heavy (non-hydrogen) atoms. The number of carbonyl (C=O) groups is 1. The van der Waals surface area contributed by atoms with Crippen LogP contribution in [0.15, 0.2) is 29.8 Å². The summed E-state index contributed by atoms with van der Waals surface area (Å²) >= 11 is 0. The van der Waals surface area contributed by atoms with Crippen molar-refractivity contribution >= 4 is 5.78 Å². The summed E-state index contributed by atoms with van der Waals surface area (Å²) in [5, 5.41) is 9.88. The number of fused-ring (bicyclic) bond motifs is 1. The van der Waals surface area contributed by atoms with Crippen molar-refractivity contribution in [3.63, 3.8) is 0 Å². The Morgan fingerprint density at radius 3 is 2.68 bits per heavy atom. The van der Waals surface area contributed by atoms with E-state index in [2.05, 4.69) is 47.6 Å². The summed E-state index contributed by atoms with van der Waals surface area (Å²) in [6, 6.07) is 5.62. The van der Waals surface area contributed by atoms with Crippen molar-refractivity contribution in [3.05, 3.63) is 41.0 Å². The summed E-state index contributed by atoms with van der Waals surface area (Å²) in [6.07, 6.45) is 10.9. The predicted molar refractivity (Wildman–Crippen MR) is 130 cm³/mol. The second-order valence-electron chi connectivity index (χ2n) is 11.1. The Hall–Kier alpha value is -1.57. The van der Waals surface area contributed by atoms with Gasteiger partial charge in [-0.05, 0) is 111 Å². The van der Waals surface area contributed by atoms with Crippen molar-refractivity contribution < 1.29 is 9.90 Å². The van der Waals surface area contributed by atoms with Crippen LogP contribution < -0.4 is 0 Å². The lowest BCUT2D eigenvalue weighted by molar-refractivity contribution is -0.132. The number of phenolic OH excluding ortho intramolecular Hbond substituents is 1. The monoisotopic (exact) mass is 424 g/mol. The molecule has 2 nitrogen and oxygen atoms in total. The molecule has 0 saturated heterocycles. The largest absolute Gasteiger partial charge is 0.508 e. The minimum absolute atomic E-state index is 0.194. The maximum atomic E-state index is 13.0. The predicted octanol–water partition coefficient (Wildman–Crippen LogP) is 7.66. The van der Waals surface area contributed by atoms with Gasteiger partial charge < -0.3 is 5.11 Å². The number of aryl methyl sites for hydroxylation is 2. The molecule has 2 aliphatic rings. The van der Waals surface area contributed by atoms with Crippen LogP contribution in [0.5, 0.6) is 5.75 Å². The van der Waals surface area contributed by atoms with Crippen molar-refractivity contribution in [2.75, 3.05) is 0 Å². The SMILES string of the molecule is CC=C(CC[C@@H](C)[C@H]1CC[C@H]2[C@H](CCc3cc(O)ccc3C)C(=O)CC[C@]12C)C(C)C. The number of hydrogen-bond acceptors (Lipinski definition) is 2. The molecule has 0 bridgehead atoms. The smallest absolute Gasteiger partial charge is 0.136 e. The van der Waals surface area contributed by atoms with Crippen LogP contribution in [0.3, 0.4) is 0 Å². The van der Waals surface area contributed by atoms with Gasteiger partial charge in [-0.2, -0.15) is 0 Å². The first-order chi connectivity index (χ1) is 14.7. The first-order valence-electron chi connectivity index (χ1n) is 12.6. The van der Waals surface area contributed by atoms with Crippen molar-refractivity contribution in [3.8, 4) is 5.75 Å². The van der Waals surface area contributed by atoms with Gasteiger partial charge in [0, 0.05) is 12.3 Å². The molecule has 0 aromatic heterocycles. The van der Waals surface area contributed by atoms with E-state index < -0.39 is 0 Å². The summed E-state index contributed by atoms with van der Waals surface area (Å²) in [7, 11) is 0. The number of Topliss-reactive ketones (excluding diaryl/α,β-unsaturated/α-hetero) is 1. The number of rotatable bonds is 8. The van der Waals surface area contributed by atoms with E-state index in [-0.39, 0.29) is 5.92 Å². The molecule has 0 radical (unpaired) electrons. The molecule has 0 amide bonds. The Morgan fingerprint density at radius 1 is 1.26 bits per heavy atom. The van der Waals surface area contributed by atoms with Crippen LogP contribution in [-0.2, 0) is 11.2 Å². The normalized spacial score (nSPS) is 30.0. The highest BCUT2D eigenvalue weighted by molar-refractivity contribution is 5.82. The number of allylic oxidation sites excluding steroid dienone is 2. The first kappa shape index (κ1) is 24.1. The van der Waals surface area contributed by atoms with Gasteiger partial charge in [-0.3, -0.25) is 4.79 Å². The number of phenols is 1. The van der Waals surface area contributed by atoms with E-state index in [0.717, 1.165) is 31.6 Å². The summed E-state index contributed by atoms with van der Waals surface area (Å²) in [5.74, 6) is 3.64. The van der Waals surface area contributed by atoms with Gasteiger partial charge in [-0.1, -0.05) is 45.4 Å². The molecule has 5 atom stereocenters. The molecule has 3 rings (SSSR count). The first-order valence-corrected chi connectivity index (χ1v) is 12.6. The molecule has 2 aliphatic carbocycles. The van der Waals surface area contributed by atoms with E-state index in [4.69, 9.17) is 0 Å². The van der Waals surface area contributed by atoms with Crippen molar-refractivity contribution in [2.24, 2.45) is 35.0 Å². The molecule has 0 spiro atoms. The van der Waals surface area contributed by atoms with Gasteiger partial charge in [0.2, 0.25) is 0 Å². The highest BCUT2D eigenvalue weighted by atomic mass is 16.3. The van der Waals surface area contributed by atoms with Crippen LogP contribution in [0.1, 0.15) is 90.7 Å². The van der Waals surface area contributed by atoms with E-state index in [1.165, 1.54) is 36.8 Å². The fourth-order valence-electron chi connectivity index (χ4n) is 7.02. The lowest BCUT2D eigenvalue weighted by Gasteiger charge is -2.46. The molecule has 172 valence electrons. The van der Waals surface area contributed by atoms with Gasteiger partial charge in [0.1, 0.15) is 11.5 Å². The third kappa shape index (κ3) is 5.10. The highest BCUT2D eigenvalue weighted by Crippen LogP contribution is 2.60. The molecule has 1 N–H and O–H groups in total. The standard InChI is InChI=1S/C29H44O2/c1-7-22(19(2)3)10-8-21(5)26-14-15-27-25(28(31)16-17-29(26,27)6)13-11-23-18-24(30)12-9-20(23)4/h7,9,12,18-19,21,25-27,30H,8,10-11,13-17H2,1-6H3/t21-,25+,26-,27+,29-/m1/s1. The lowest BCUT2D eigenvalue weighted by Crippen LogP contribution is -2.43. The molecule has 2 heteroatoms. The lowest BCUT2D eigenvalue weighted by atomic mass is 9.58. The van der Waals surface area contributed by atoms with Crippen molar-refractivity contribution in [1.82, 2.24) is 0 Å². The molecule has 0 heterocycles. The molecule has 0 aliphatic heterocycles. The van der Waals surface area contributed by atoms with Crippen LogP contribution in [0, 0.1) is 41.9 Å². The number of carbonyl (C=O) groups excluding carboxylic acids is 1. The average molecular weight is 425 g/mol. The zero-order chi connectivity index (χ0) is 22.8. The molecule has 1 aromatic carbocycles. The third-order valence-electron chi connectivity index (χ3n) is 9.04. The number of ketones is 1. The zero-order valence-corrected chi connectivity index (χ0v) is 20.7. The fourth-order valence-corrected chi connectivity index (χ4v) is 7.02. The van der Waals surface area contributed by atoms with Crippen LogP contribution in [0.2, 0.25) is 0 Å². The van der Waals surface area contributed by atoms with E-state index in [9.17, 15) is 9.90 Å². The van der Waals surface area contributed by atoms with Gasteiger partial charge in [0.15, 0.2) is 0 Å². The van der Waals surface area contributed by atoms with E-state index >= 15 is 0 Å². The molecule has 2 fully saturated rings. The summed E-state index contributed by atoms with van der Waals surface area (Å²) in [4.78, 5) is 13.0. The Kier molecular flexibility index (Phi) is 7.71. The highest BCUT2D eigenvalue weighted by Gasteiger charge is 2.54. The number of hydrogen-bond donors (Lipinski definition) is 1. The Labute approximate surface area is 190 Å². The minimum atomic E-state index is 0.194. The van der Waals surface area contributed by atoms with E-state index in [1.807, 2.05) is 12.1 Å². The van der Waals surface area contributed by atoms with Crippen LogP contribution in [-0.4, -0.2) is 10.9 Å². The van der Waals surface area contributed by atoms with Gasteiger partial charge in [0.25, 0.3) is 0 Å². The van der Waals surface area contributed by atoms with Gasteiger partial charge in [-0.25, -0.2) is 0 Å². The van der Waals surface area contributed by atoms with Crippen molar-refractivity contribution in [2.45, 2.75) is 92.9 Å². The van der Waals surface area contributed by atoms with Crippen LogP contribution in [0.25, 0.3) is 0 Å². The maximum absolute atomic E-state index is 13.0. The zero-order valence-electron chi connectivity index (χ0n) is 20.7.